The maximum atomic E-state index is 11.9. The van der Waals surface area contributed by atoms with E-state index < -0.39 is 0 Å². The largest absolute Gasteiger partial charge is 0.396 e. The minimum Gasteiger partial charge on any atom is -0.396 e. The smallest absolute Gasteiger partial charge is 0.321 e. The summed E-state index contributed by atoms with van der Waals surface area (Å²) in [6.07, 6.45) is 4.43. The summed E-state index contributed by atoms with van der Waals surface area (Å²) in [6, 6.07) is -0.265. The summed E-state index contributed by atoms with van der Waals surface area (Å²) < 4.78 is 0. The molecule has 120 valence electrons. The number of nitrogens with zero attached hydrogens (tertiary/aromatic N) is 2. The molecule has 0 aliphatic heterocycles. The number of aliphatic hydroxyl groups excluding tert-OH is 1. The van der Waals surface area contributed by atoms with Crippen molar-refractivity contribution >= 4 is 22.5 Å². The number of hydrogen-bond acceptors (Lipinski definition) is 5. The molecule has 1 rings (SSSR count). The fourth-order valence-electron chi connectivity index (χ4n) is 2.21. The Kier molecular flexibility index (Phi) is 7.60. The fourth-order valence-corrected chi connectivity index (χ4v) is 3.04. The van der Waals surface area contributed by atoms with Gasteiger partial charge in [0.2, 0.25) is 5.13 Å². The lowest BCUT2D eigenvalue weighted by Crippen LogP contribution is -2.39. The predicted octanol–water partition coefficient (Wildman–Crippen LogP) is 2.80. The van der Waals surface area contributed by atoms with Crippen LogP contribution in [0.3, 0.4) is 0 Å². The topological polar surface area (TPSA) is 87.1 Å². The van der Waals surface area contributed by atoms with Gasteiger partial charge in [-0.2, -0.15) is 0 Å². The van der Waals surface area contributed by atoms with Gasteiger partial charge in [-0.05, 0) is 31.1 Å². The first-order chi connectivity index (χ1) is 10.1. The van der Waals surface area contributed by atoms with Crippen LogP contribution >= 0.6 is 11.3 Å². The van der Waals surface area contributed by atoms with Crippen molar-refractivity contribution in [1.82, 2.24) is 15.5 Å². The number of hydrogen-bond donors (Lipinski definition) is 3. The van der Waals surface area contributed by atoms with Crippen molar-refractivity contribution in [2.45, 2.75) is 52.9 Å². The van der Waals surface area contributed by atoms with Crippen LogP contribution in [0.1, 0.15) is 51.5 Å². The lowest BCUT2D eigenvalue weighted by Gasteiger charge is -2.31. The Morgan fingerprint density at radius 3 is 2.57 bits per heavy atom. The molecular formula is C14H26N4O2S. The molecule has 1 heterocycles. The van der Waals surface area contributed by atoms with Crippen LogP contribution in [0, 0.1) is 5.41 Å². The minimum absolute atomic E-state index is 0.0411. The number of anilines is 1. The second-order valence-electron chi connectivity index (χ2n) is 5.24. The number of carbonyl (C=O) groups excluding carboxylic acids is 1. The van der Waals surface area contributed by atoms with Gasteiger partial charge in [0.1, 0.15) is 5.01 Å². The number of aliphatic hydroxyl groups is 1. The predicted molar refractivity (Wildman–Crippen MR) is 85.6 cm³/mol. The number of rotatable bonds is 9. The van der Waals surface area contributed by atoms with E-state index in [4.69, 9.17) is 0 Å². The normalized spacial score (nSPS) is 11.4. The van der Waals surface area contributed by atoms with Crippen molar-refractivity contribution in [3.63, 3.8) is 0 Å². The van der Waals surface area contributed by atoms with Gasteiger partial charge in [0.25, 0.3) is 0 Å². The van der Waals surface area contributed by atoms with E-state index in [0.717, 1.165) is 30.7 Å². The van der Waals surface area contributed by atoms with E-state index in [9.17, 15) is 9.90 Å². The van der Waals surface area contributed by atoms with Gasteiger partial charge in [0.05, 0.1) is 0 Å². The number of carbonyl (C=O) groups is 1. The molecular weight excluding hydrogens is 288 g/mol. The van der Waals surface area contributed by atoms with Gasteiger partial charge >= 0.3 is 6.03 Å². The fraction of sp³-hybridized carbons (Fsp3) is 0.786. The molecule has 0 unspecified atom stereocenters. The monoisotopic (exact) mass is 314 g/mol. The van der Waals surface area contributed by atoms with Crippen LogP contribution < -0.4 is 10.6 Å². The molecule has 0 aliphatic carbocycles. The van der Waals surface area contributed by atoms with Crippen molar-refractivity contribution in [2.75, 3.05) is 18.5 Å². The third kappa shape index (κ3) is 5.59. The lowest BCUT2D eigenvalue weighted by molar-refractivity contribution is 0.165. The Hall–Kier alpha value is -1.21. The Morgan fingerprint density at radius 1 is 1.29 bits per heavy atom. The third-order valence-electron chi connectivity index (χ3n) is 3.92. The van der Waals surface area contributed by atoms with Gasteiger partial charge < -0.3 is 10.4 Å². The molecule has 0 radical (unpaired) electrons. The van der Waals surface area contributed by atoms with E-state index >= 15 is 0 Å². The van der Waals surface area contributed by atoms with Gasteiger partial charge in [0, 0.05) is 19.6 Å². The zero-order valence-electron chi connectivity index (χ0n) is 13.1. The first kappa shape index (κ1) is 17.8. The molecule has 0 aliphatic rings. The molecule has 1 aromatic heterocycles. The average Bonchev–Trinajstić information content (AvgIpc) is 2.91. The molecule has 0 bridgehead atoms. The van der Waals surface area contributed by atoms with Gasteiger partial charge in [-0.25, -0.2) is 4.79 Å². The van der Waals surface area contributed by atoms with Gasteiger partial charge in [-0.1, -0.05) is 32.1 Å². The summed E-state index contributed by atoms with van der Waals surface area (Å²) in [5, 5.41) is 24.2. The van der Waals surface area contributed by atoms with Crippen LogP contribution in [0.2, 0.25) is 0 Å². The Balaban J connectivity index is 2.48. The number of aryl methyl sites for hydroxylation is 1. The van der Waals surface area contributed by atoms with Gasteiger partial charge in [-0.15, -0.1) is 10.2 Å². The highest BCUT2D eigenvalue weighted by Gasteiger charge is 2.26. The molecule has 21 heavy (non-hydrogen) atoms. The van der Waals surface area contributed by atoms with E-state index in [2.05, 4.69) is 41.6 Å². The van der Waals surface area contributed by atoms with Crippen molar-refractivity contribution in [3.8, 4) is 0 Å². The summed E-state index contributed by atoms with van der Waals surface area (Å²) in [6.45, 7) is 6.94. The van der Waals surface area contributed by atoms with Crippen molar-refractivity contribution in [3.05, 3.63) is 5.01 Å². The third-order valence-corrected chi connectivity index (χ3v) is 4.82. The summed E-state index contributed by atoms with van der Waals surface area (Å²) >= 11 is 1.41. The zero-order valence-corrected chi connectivity index (χ0v) is 13.9. The molecule has 6 nitrogen and oxygen atoms in total. The second-order valence-corrected chi connectivity index (χ2v) is 6.30. The quantitative estimate of drug-likeness (QED) is 0.654. The van der Waals surface area contributed by atoms with E-state index in [0.29, 0.717) is 18.1 Å². The first-order valence-corrected chi connectivity index (χ1v) is 8.38. The molecule has 0 saturated carbocycles. The van der Waals surface area contributed by atoms with Crippen LogP contribution in [0.4, 0.5) is 9.93 Å². The molecule has 2 amide bonds. The highest BCUT2D eigenvalue weighted by atomic mass is 32.1. The molecule has 1 aromatic rings. The summed E-state index contributed by atoms with van der Waals surface area (Å²) in [5.41, 5.74) is -0.0411. The SMILES string of the molecule is CCCc1nnc(NC(=O)NCC(CC)(CC)CCO)s1. The maximum Gasteiger partial charge on any atom is 0.321 e. The van der Waals surface area contributed by atoms with Crippen LogP contribution in [-0.4, -0.2) is 34.5 Å². The second kappa shape index (κ2) is 8.94. The molecule has 0 fully saturated rings. The number of urea groups is 1. The van der Waals surface area contributed by atoms with Crippen LogP contribution in [-0.2, 0) is 6.42 Å². The van der Waals surface area contributed by atoms with Crippen molar-refractivity contribution in [1.29, 1.82) is 0 Å². The van der Waals surface area contributed by atoms with Crippen LogP contribution in [0.25, 0.3) is 0 Å². The standard InChI is InChI=1S/C14H26N4O2S/c1-4-7-11-17-18-13(21-11)16-12(20)15-10-14(5-2,6-3)8-9-19/h19H,4-10H2,1-3H3,(H2,15,16,18,20). The summed E-state index contributed by atoms with van der Waals surface area (Å²) in [7, 11) is 0. The summed E-state index contributed by atoms with van der Waals surface area (Å²) in [4.78, 5) is 11.9. The number of amides is 2. The van der Waals surface area contributed by atoms with Gasteiger partial charge in [-0.3, -0.25) is 5.32 Å². The molecule has 0 saturated heterocycles. The van der Waals surface area contributed by atoms with Crippen molar-refractivity contribution < 1.29 is 9.90 Å². The minimum atomic E-state index is -0.265. The van der Waals surface area contributed by atoms with Crippen LogP contribution in [0.15, 0.2) is 0 Å². The molecule has 3 N–H and O–H groups in total. The van der Waals surface area contributed by atoms with E-state index in [1.165, 1.54) is 11.3 Å². The Bertz CT molecular complexity index is 432. The van der Waals surface area contributed by atoms with Crippen molar-refractivity contribution in [2.24, 2.45) is 5.41 Å². The Morgan fingerprint density at radius 2 is 2.00 bits per heavy atom. The summed E-state index contributed by atoms with van der Waals surface area (Å²) in [5.74, 6) is 0. The molecule has 7 heteroatoms. The highest BCUT2D eigenvalue weighted by molar-refractivity contribution is 7.15. The average molecular weight is 314 g/mol. The van der Waals surface area contributed by atoms with E-state index in [-0.39, 0.29) is 18.1 Å². The van der Waals surface area contributed by atoms with E-state index in [1.807, 2.05) is 0 Å². The molecule has 0 atom stereocenters. The molecule has 0 spiro atoms. The zero-order chi connectivity index (χ0) is 15.7. The lowest BCUT2D eigenvalue weighted by atomic mass is 9.79. The van der Waals surface area contributed by atoms with Crippen LogP contribution in [0.5, 0.6) is 0 Å². The van der Waals surface area contributed by atoms with Gasteiger partial charge in [0.15, 0.2) is 0 Å². The first-order valence-electron chi connectivity index (χ1n) is 7.57. The molecule has 0 aromatic carbocycles. The Labute approximate surface area is 130 Å². The van der Waals surface area contributed by atoms with E-state index in [1.54, 1.807) is 0 Å². The highest BCUT2D eigenvalue weighted by Crippen LogP contribution is 2.29. The number of nitrogens with one attached hydrogen (secondary N) is 2. The number of aromatic nitrogens is 2. The maximum absolute atomic E-state index is 11.9.